The average Bonchev–Trinajstić information content (AvgIpc) is 2.41. The Hall–Kier alpha value is -2.09. The molecule has 19 heavy (non-hydrogen) atoms. The quantitative estimate of drug-likeness (QED) is 0.864. The maximum atomic E-state index is 12.2. The van der Waals surface area contributed by atoms with Gasteiger partial charge in [-0.05, 0) is 36.1 Å². The third kappa shape index (κ3) is 3.02. The zero-order valence-electron chi connectivity index (χ0n) is 11.6. The van der Waals surface area contributed by atoms with Crippen LogP contribution in [0.4, 0.5) is 5.69 Å². The van der Waals surface area contributed by atoms with Crippen LogP contribution in [0.25, 0.3) is 0 Å². The van der Waals surface area contributed by atoms with Crippen LogP contribution in [0.1, 0.15) is 41.3 Å². The Morgan fingerprint density at radius 1 is 1.00 bits per heavy atom. The van der Waals surface area contributed by atoms with E-state index in [9.17, 15) is 4.79 Å². The first-order valence-corrected chi connectivity index (χ1v) is 6.55. The van der Waals surface area contributed by atoms with E-state index in [1.54, 1.807) is 0 Å². The molecule has 2 aromatic rings. The summed E-state index contributed by atoms with van der Waals surface area (Å²) >= 11 is 0. The van der Waals surface area contributed by atoms with Crippen molar-refractivity contribution in [2.75, 3.05) is 5.32 Å². The lowest BCUT2D eigenvalue weighted by atomic mass is 9.98. The molecular weight excluding hydrogens is 234 g/mol. The number of carbonyl (C=O) groups excluding carboxylic acids is 1. The third-order valence-corrected chi connectivity index (χ3v) is 3.20. The SMILES string of the molecule is Cc1cccc(C(C)C)c1NC(=O)c1ccccc1. The molecule has 0 saturated carbocycles. The van der Waals surface area contributed by atoms with Gasteiger partial charge in [-0.2, -0.15) is 0 Å². The predicted molar refractivity (Wildman–Crippen MR) is 79.7 cm³/mol. The fourth-order valence-electron chi connectivity index (χ4n) is 2.12. The highest BCUT2D eigenvalue weighted by Gasteiger charge is 2.12. The largest absolute Gasteiger partial charge is 0.321 e. The van der Waals surface area contributed by atoms with E-state index in [-0.39, 0.29) is 5.91 Å². The molecule has 2 rings (SSSR count). The zero-order valence-corrected chi connectivity index (χ0v) is 11.6. The second-order valence-corrected chi connectivity index (χ2v) is 5.01. The van der Waals surface area contributed by atoms with E-state index in [2.05, 4.69) is 25.2 Å². The van der Waals surface area contributed by atoms with E-state index >= 15 is 0 Å². The summed E-state index contributed by atoms with van der Waals surface area (Å²) in [6.45, 7) is 6.28. The van der Waals surface area contributed by atoms with Crippen LogP contribution < -0.4 is 5.32 Å². The summed E-state index contributed by atoms with van der Waals surface area (Å²) in [5.74, 6) is 0.322. The van der Waals surface area contributed by atoms with Gasteiger partial charge >= 0.3 is 0 Å². The third-order valence-electron chi connectivity index (χ3n) is 3.20. The normalized spacial score (nSPS) is 10.5. The van der Waals surface area contributed by atoms with Gasteiger partial charge in [0, 0.05) is 11.3 Å². The number of benzene rings is 2. The van der Waals surface area contributed by atoms with Crippen molar-refractivity contribution < 1.29 is 4.79 Å². The minimum Gasteiger partial charge on any atom is -0.321 e. The molecule has 0 unspecified atom stereocenters. The van der Waals surface area contributed by atoms with Crippen LogP contribution in [0.15, 0.2) is 48.5 Å². The lowest BCUT2D eigenvalue weighted by Gasteiger charge is -2.16. The van der Waals surface area contributed by atoms with Gasteiger partial charge in [0.05, 0.1) is 0 Å². The van der Waals surface area contributed by atoms with E-state index in [0.29, 0.717) is 11.5 Å². The zero-order chi connectivity index (χ0) is 13.8. The topological polar surface area (TPSA) is 29.1 Å². The number of hydrogen-bond donors (Lipinski definition) is 1. The van der Waals surface area contributed by atoms with Crippen LogP contribution in [0, 0.1) is 6.92 Å². The van der Waals surface area contributed by atoms with E-state index in [1.165, 1.54) is 5.56 Å². The second kappa shape index (κ2) is 5.70. The van der Waals surface area contributed by atoms with Crippen molar-refractivity contribution in [1.82, 2.24) is 0 Å². The number of rotatable bonds is 3. The number of para-hydroxylation sites is 1. The Bertz CT molecular complexity index is 573. The average molecular weight is 253 g/mol. The van der Waals surface area contributed by atoms with E-state index in [1.807, 2.05) is 49.4 Å². The fraction of sp³-hybridized carbons (Fsp3) is 0.235. The molecule has 2 nitrogen and oxygen atoms in total. The molecule has 0 aromatic heterocycles. The molecule has 2 heteroatoms. The van der Waals surface area contributed by atoms with Gasteiger partial charge in [0.15, 0.2) is 0 Å². The lowest BCUT2D eigenvalue weighted by molar-refractivity contribution is 0.102. The Morgan fingerprint density at radius 3 is 2.32 bits per heavy atom. The van der Waals surface area contributed by atoms with Gasteiger partial charge in [-0.1, -0.05) is 50.2 Å². The van der Waals surface area contributed by atoms with Crippen LogP contribution in [-0.2, 0) is 0 Å². The monoisotopic (exact) mass is 253 g/mol. The molecule has 2 aromatic carbocycles. The molecule has 0 heterocycles. The summed E-state index contributed by atoms with van der Waals surface area (Å²) in [7, 11) is 0. The number of amides is 1. The summed E-state index contributed by atoms with van der Waals surface area (Å²) in [5.41, 5.74) is 3.88. The highest BCUT2D eigenvalue weighted by molar-refractivity contribution is 6.05. The minimum absolute atomic E-state index is 0.0585. The predicted octanol–water partition coefficient (Wildman–Crippen LogP) is 4.37. The molecule has 1 amide bonds. The van der Waals surface area contributed by atoms with Crippen molar-refractivity contribution in [3.63, 3.8) is 0 Å². The van der Waals surface area contributed by atoms with Crippen molar-refractivity contribution in [2.24, 2.45) is 0 Å². The molecule has 0 aliphatic heterocycles. The van der Waals surface area contributed by atoms with Crippen LogP contribution >= 0.6 is 0 Å². The van der Waals surface area contributed by atoms with Gasteiger partial charge < -0.3 is 5.32 Å². The Balaban J connectivity index is 2.31. The van der Waals surface area contributed by atoms with Gasteiger partial charge in [0.1, 0.15) is 0 Å². The first kappa shape index (κ1) is 13.3. The van der Waals surface area contributed by atoms with Crippen molar-refractivity contribution in [1.29, 1.82) is 0 Å². The Kier molecular flexibility index (Phi) is 4.00. The maximum Gasteiger partial charge on any atom is 0.255 e. The molecule has 0 fully saturated rings. The molecule has 98 valence electrons. The first-order chi connectivity index (χ1) is 9.09. The molecule has 0 spiro atoms. The fourth-order valence-corrected chi connectivity index (χ4v) is 2.12. The molecular formula is C17H19NO. The van der Waals surface area contributed by atoms with Gasteiger partial charge in [0.25, 0.3) is 5.91 Å². The van der Waals surface area contributed by atoms with E-state index < -0.39 is 0 Å². The first-order valence-electron chi connectivity index (χ1n) is 6.55. The molecule has 0 aliphatic rings. The highest BCUT2D eigenvalue weighted by Crippen LogP contribution is 2.27. The Morgan fingerprint density at radius 2 is 1.68 bits per heavy atom. The molecule has 1 N–H and O–H groups in total. The smallest absolute Gasteiger partial charge is 0.255 e. The summed E-state index contributed by atoms with van der Waals surface area (Å²) in [4.78, 5) is 12.2. The minimum atomic E-state index is -0.0585. The Labute approximate surface area is 114 Å². The summed E-state index contributed by atoms with van der Waals surface area (Å²) in [6.07, 6.45) is 0. The highest BCUT2D eigenvalue weighted by atomic mass is 16.1. The number of anilines is 1. The van der Waals surface area contributed by atoms with Crippen LogP contribution in [0.3, 0.4) is 0 Å². The van der Waals surface area contributed by atoms with E-state index in [4.69, 9.17) is 0 Å². The molecule has 0 radical (unpaired) electrons. The summed E-state index contributed by atoms with van der Waals surface area (Å²) < 4.78 is 0. The molecule has 0 bridgehead atoms. The molecule has 0 atom stereocenters. The number of hydrogen-bond acceptors (Lipinski definition) is 1. The van der Waals surface area contributed by atoms with Gasteiger partial charge in [0.2, 0.25) is 0 Å². The van der Waals surface area contributed by atoms with Gasteiger partial charge in [-0.15, -0.1) is 0 Å². The van der Waals surface area contributed by atoms with Crippen LogP contribution in [0.5, 0.6) is 0 Å². The summed E-state index contributed by atoms with van der Waals surface area (Å²) in [6, 6.07) is 15.4. The number of aryl methyl sites for hydroxylation is 1. The number of nitrogens with one attached hydrogen (secondary N) is 1. The van der Waals surface area contributed by atoms with Crippen molar-refractivity contribution in [3.8, 4) is 0 Å². The lowest BCUT2D eigenvalue weighted by Crippen LogP contribution is -2.14. The second-order valence-electron chi connectivity index (χ2n) is 5.01. The molecule has 0 saturated heterocycles. The van der Waals surface area contributed by atoms with Crippen molar-refractivity contribution in [3.05, 3.63) is 65.2 Å². The molecule has 0 aliphatic carbocycles. The van der Waals surface area contributed by atoms with Crippen LogP contribution in [0.2, 0.25) is 0 Å². The maximum absolute atomic E-state index is 12.2. The van der Waals surface area contributed by atoms with Gasteiger partial charge in [-0.25, -0.2) is 0 Å². The van der Waals surface area contributed by atoms with Crippen molar-refractivity contribution >= 4 is 11.6 Å². The number of carbonyl (C=O) groups is 1. The van der Waals surface area contributed by atoms with E-state index in [0.717, 1.165) is 11.3 Å². The van der Waals surface area contributed by atoms with Crippen molar-refractivity contribution in [2.45, 2.75) is 26.7 Å². The van der Waals surface area contributed by atoms with Gasteiger partial charge in [-0.3, -0.25) is 4.79 Å². The van der Waals surface area contributed by atoms with Crippen LogP contribution in [-0.4, -0.2) is 5.91 Å². The summed E-state index contributed by atoms with van der Waals surface area (Å²) in [5, 5.41) is 3.04. The standard InChI is InChI=1S/C17H19NO/c1-12(2)15-11-7-8-13(3)16(15)18-17(19)14-9-5-4-6-10-14/h4-12H,1-3H3,(H,18,19).